The molecule has 0 aliphatic rings. The van der Waals surface area contributed by atoms with Gasteiger partial charge in [0.25, 0.3) is 0 Å². The first-order valence-corrected chi connectivity index (χ1v) is 6.37. The van der Waals surface area contributed by atoms with Crippen molar-refractivity contribution in [2.75, 3.05) is 18.5 Å². The van der Waals surface area contributed by atoms with Crippen LogP contribution in [0.4, 0.5) is 5.95 Å². The lowest BCUT2D eigenvalue weighted by molar-refractivity contribution is 0.484. The molecule has 6 heteroatoms. The highest BCUT2D eigenvalue weighted by Gasteiger charge is 2.07. The SMILES string of the molecule is CCCCN(C)c1ncn(Cc2ccco2)c(=O)n1. The molecule has 0 radical (unpaired) electrons. The molecule has 102 valence electrons. The summed E-state index contributed by atoms with van der Waals surface area (Å²) >= 11 is 0. The van der Waals surface area contributed by atoms with Crippen molar-refractivity contribution in [2.45, 2.75) is 26.3 Å². The fraction of sp³-hybridized carbons (Fsp3) is 0.462. The Hall–Kier alpha value is -2.11. The van der Waals surface area contributed by atoms with Crippen molar-refractivity contribution in [2.24, 2.45) is 0 Å². The molecule has 2 heterocycles. The fourth-order valence-electron chi connectivity index (χ4n) is 1.71. The maximum Gasteiger partial charge on any atom is 0.352 e. The topological polar surface area (TPSA) is 64.2 Å². The summed E-state index contributed by atoms with van der Waals surface area (Å²) in [6.07, 6.45) is 5.24. The lowest BCUT2D eigenvalue weighted by atomic mass is 10.3. The zero-order valence-corrected chi connectivity index (χ0v) is 11.2. The van der Waals surface area contributed by atoms with Crippen molar-refractivity contribution in [3.63, 3.8) is 0 Å². The second kappa shape index (κ2) is 6.17. The number of aromatic nitrogens is 3. The number of hydrogen-bond donors (Lipinski definition) is 0. The third-order valence-electron chi connectivity index (χ3n) is 2.85. The van der Waals surface area contributed by atoms with Gasteiger partial charge in [0.05, 0.1) is 12.8 Å². The average Bonchev–Trinajstić information content (AvgIpc) is 2.91. The number of rotatable bonds is 6. The molecule has 19 heavy (non-hydrogen) atoms. The first-order chi connectivity index (χ1) is 9.20. The fourth-order valence-corrected chi connectivity index (χ4v) is 1.71. The summed E-state index contributed by atoms with van der Waals surface area (Å²) in [6.45, 7) is 3.32. The predicted octanol–water partition coefficient (Wildman–Crippen LogP) is 1.52. The zero-order chi connectivity index (χ0) is 13.7. The van der Waals surface area contributed by atoms with Gasteiger partial charge in [0.1, 0.15) is 12.1 Å². The number of anilines is 1. The third-order valence-corrected chi connectivity index (χ3v) is 2.85. The zero-order valence-electron chi connectivity index (χ0n) is 11.2. The van der Waals surface area contributed by atoms with Crippen molar-refractivity contribution in [1.29, 1.82) is 0 Å². The van der Waals surface area contributed by atoms with E-state index in [4.69, 9.17) is 4.42 Å². The highest BCUT2D eigenvalue weighted by atomic mass is 16.3. The molecule has 0 atom stereocenters. The quantitative estimate of drug-likeness (QED) is 0.789. The van der Waals surface area contributed by atoms with Crippen LogP contribution in [0.25, 0.3) is 0 Å². The van der Waals surface area contributed by atoms with E-state index in [0.29, 0.717) is 18.3 Å². The summed E-state index contributed by atoms with van der Waals surface area (Å²) in [5, 5.41) is 0. The standard InChI is InChI=1S/C13H18N4O2/c1-3-4-7-16(2)12-14-10-17(13(18)15-12)9-11-6-5-8-19-11/h5-6,8,10H,3-4,7,9H2,1-2H3. The molecule has 0 aliphatic heterocycles. The molecule has 0 N–H and O–H groups in total. The summed E-state index contributed by atoms with van der Waals surface area (Å²) in [7, 11) is 1.89. The average molecular weight is 262 g/mol. The van der Waals surface area contributed by atoms with Gasteiger partial charge in [-0.05, 0) is 18.6 Å². The van der Waals surface area contributed by atoms with Gasteiger partial charge in [-0.2, -0.15) is 4.98 Å². The first kappa shape index (κ1) is 13.3. The van der Waals surface area contributed by atoms with Gasteiger partial charge in [0.2, 0.25) is 5.95 Å². The molecule has 0 aromatic carbocycles. The Balaban J connectivity index is 2.11. The van der Waals surface area contributed by atoms with Crippen LogP contribution < -0.4 is 10.6 Å². The van der Waals surface area contributed by atoms with Crippen molar-refractivity contribution in [3.8, 4) is 0 Å². The maximum atomic E-state index is 11.9. The van der Waals surface area contributed by atoms with E-state index in [1.54, 1.807) is 12.3 Å². The minimum absolute atomic E-state index is 0.315. The van der Waals surface area contributed by atoms with Crippen molar-refractivity contribution >= 4 is 5.95 Å². The smallest absolute Gasteiger partial charge is 0.352 e. The van der Waals surface area contributed by atoms with Gasteiger partial charge in [-0.25, -0.2) is 9.78 Å². The number of hydrogen-bond acceptors (Lipinski definition) is 5. The van der Waals surface area contributed by atoms with Crippen LogP contribution in [-0.4, -0.2) is 28.1 Å². The van der Waals surface area contributed by atoms with Crippen molar-refractivity contribution in [3.05, 3.63) is 41.0 Å². The molecule has 0 bridgehead atoms. The molecule has 0 saturated heterocycles. The Labute approximate surface area is 111 Å². The Morgan fingerprint density at radius 3 is 2.95 bits per heavy atom. The van der Waals surface area contributed by atoms with Crippen LogP contribution in [0.15, 0.2) is 33.9 Å². The van der Waals surface area contributed by atoms with E-state index in [9.17, 15) is 4.79 Å². The molecule has 0 fully saturated rings. The summed E-state index contributed by atoms with van der Waals surface area (Å²) in [5.41, 5.74) is -0.315. The lowest BCUT2D eigenvalue weighted by Crippen LogP contribution is -2.29. The second-order valence-electron chi connectivity index (χ2n) is 4.42. The van der Waals surface area contributed by atoms with Crippen LogP contribution in [0.2, 0.25) is 0 Å². The van der Waals surface area contributed by atoms with Crippen LogP contribution in [0.1, 0.15) is 25.5 Å². The molecule has 0 unspecified atom stereocenters. The molecule has 6 nitrogen and oxygen atoms in total. The number of unbranched alkanes of at least 4 members (excludes halogenated alkanes) is 1. The van der Waals surface area contributed by atoms with Gasteiger partial charge >= 0.3 is 5.69 Å². The van der Waals surface area contributed by atoms with Crippen LogP contribution in [0.5, 0.6) is 0 Å². The summed E-state index contributed by atoms with van der Waals surface area (Å²) in [6, 6.07) is 3.60. The van der Waals surface area contributed by atoms with E-state index >= 15 is 0 Å². The van der Waals surface area contributed by atoms with Gasteiger partial charge in [0.15, 0.2) is 0 Å². The van der Waals surface area contributed by atoms with Gasteiger partial charge in [-0.15, -0.1) is 0 Å². The molecule has 0 amide bonds. The first-order valence-electron chi connectivity index (χ1n) is 6.37. The summed E-state index contributed by atoms with van der Waals surface area (Å²) in [4.78, 5) is 22.0. The molecule has 2 rings (SSSR count). The van der Waals surface area contributed by atoms with E-state index in [1.165, 1.54) is 10.9 Å². The monoisotopic (exact) mass is 262 g/mol. The summed E-state index contributed by atoms with van der Waals surface area (Å²) in [5.74, 6) is 1.17. The molecule has 2 aromatic heterocycles. The summed E-state index contributed by atoms with van der Waals surface area (Å²) < 4.78 is 6.62. The van der Waals surface area contributed by atoms with Crippen LogP contribution in [0, 0.1) is 0 Å². The van der Waals surface area contributed by atoms with Crippen LogP contribution in [-0.2, 0) is 6.54 Å². The van der Waals surface area contributed by atoms with Gasteiger partial charge < -0.3 is 9.32 Å². The molecular weight excluding hydrogens is 244 g/mol. The third kappa shape index (κ3) is 3.43. The molecule has 0 aliphatic carbocycles. The van der Waals surface area contributed by atoms with Gasteiger partial charge in [-0.1, -0.05) is 13.3 Å². The molecule has 2 aromatic rings. The van der Waals surface area contributed by atoms with E-state index in [1.807, 2.05) is 18.0 Å². The minimum atomic E-state index is -0.315. The van der Waals surface area contributed by atoms with Gasteiger partial charge in [-0.3, -0.25) is 4.57 Å². The van der Waals surface area contributed by atoms with Crippen LogP contribution >= 0.6 is 0 Å². The van der Waals surface area contributed by atoms with E-state index in [-0.39, 0.29) is 5.69 Å². The van der Waals surface area contributed by atoms with Crippen LogP contribution in [0.3, 0.4) is 0 Å². The Bertz CT molecular complexity index is 562. The largest absolute Gasteiger partial charge is 0.467 e. The highest BCUT2D eigenvalue weighted by molar-refractivity contribution is 5.25. The lowest BCUT2D eigenvalue weighted by Gasteiger charge is -2.16. The molecule has 0 spiro atoms. The molecular formula is C13H18N4O2. The van der Waals surface area contributed by atoms with E-state index in [2.05, 4.69) is 16.9 Å². The Morgan fingerprint density at radius 1 is 1.47 bits per heavy atom. The number of nitrogens with zero attached hydrogens (tertiary/aromatic N) is 4. The normalized spacial score (nSPS) is 10.6. The minimum Gasteiger partial charge on any atom is -0.467 e. The maximum absolute atomic E-state index is 11.9. The van der Waals surface area contributed by atoms with E-state index < -0.39 is 0 Å². The Kier molecular flexibility index (Phi) is 4.33. The van der Waals surface area contributed by atoms with Crippen molar-refractivity contribution in [1.82, 2.24) is 14.5 Å². The van der Waals surface area contributed by atoms with Crippen molar-refractivity contribution < 1.29 is 4.42 Å². The van der Waals surface area contributed by atoms with Gasteiger partial charge in [0, 0.05) is 13.6 Å². The second-order valence-corrected chi connectivity index (χ2v) is 4.42. The highest BCUT2D eigenvalue weighted by Crippen LogP contribution is 2.04. The van der Waals surface area contributed by atoms with E-state index in [0.717, 1.165) is 19.4 Å². The Morgan fingerprint density at radius 2 is 2.32 bits per heavy atom. The predicted molar refractivity (Wildman–Crippen MR) is 72.3 cm³/mol. The number of furan rings is 1. The molecule has 0 saturated carbocycles.